The predicted octanol–water partition coefficient (Wildman–Crippen LogP) is 2.73. The van der Waals surface area contributed by atoms with Crippen LogP contribution in [0.2, 0.25) is 5.02 Å². The second-order valence-electron chi connectivity index (χ2n) is 5.11. The number of hydrogen-bond donors (Lipinski definition) is 1. The monoisotopic (exact) mass is 289 g/mol. The van der Waals surface area contributed by atoms with Crippen molar-refractivity contribution >= 4 is 21.4 Å². The van der Waals surface area contributed by atoms with Crippen molar-refractivity contribution in [3.05, 3.63) is 34.3 Å². The summed E-state index contributed by atoms with van der Waals surface area (Å²) in [6.45, 7) is 5.36. The van der Waals surface area contributed by atoms with E-state index in [0.29, 0.717) is 5.02 Å². The molecule has 0 aliphatic carbocycles. The average Bonchev–Trinajstić information content (AvgIpc) is 2.22. The van der Waals surface area contributed by atoms with Crippen LogP contribution >= 0.6 is 11.6 Å². The van der Waals surface area contributed by atoms with E-state index in [1.165, 1.54) is 6.26 Å². The van der Waals surface area contributed by atoms with Gasteiger partial charge in [-0.1, -0.05) is 23.7 Å². The molecule has 0 saturated carbocycles. The van der Waals surface area contributed by atoms with Crippen LogP contribution in [0.1, 0.15) is 31.0 Å². The van der Waals surface area contributed by atoms with Crippen molar-refractivity contribution in [2.75, 3.05) is 13.3 Å². The Labute approximate surface area is 114 Å². The Morgan fingerprint density at radius 3 is 2.28 bits per heavy atom. The summed E-state index contributed by atoms with van der Waals surface area (Å²) in [4.78, 5) is 0. The van der Waals surface area contributed by atoms with Crippen molar-refractivity contribution in [1.82, 2.24) is 5.32 Å². The Bertz CT molecular complexity index is 538. The van der Waals surface area contributed by atoms with Crippen LogP contribution in [-0.2, 0) is 9.84 Å². The van der Waals surface area contributed by atoms with Gasteiger partial charge in [-0.2, -0.15) is 0 Å². The maximum absolute atomic E-state index is 11.9. The zero-order valence-corrected chi connectivity index (χ0v) is 13.0. The maximum Gasteiger partial charge on any atom is 0.154 e. The topological polar surface area (TPSA) is 46.2 Å². The van der Waals surface area contributed by atoms with Crippen molar-refractivity contribution in [2.45, 2.75) is 31.6 Å². The molecule has 0 spiro atoms. The quantitative estimate of drug-likeness (QED) is 0.927. The van der Waals surface area contributed by atoms with Gasteiger partial charge < -0.3 is 5.32 Å². The van der Waals surface area contributed by atoms with Crippen molar-refractivity contribution in [3.63, 3.8) is 0 Å². The molecule has 0 saturated heterocycles. The fraction of sp³-hybridized carbons (Fsp3) is 0.538. The van der Waals surface area contributed by atoms with Crippen LogP contribution in [0.25, 0.3) is 0 Å². The molecule has 0 radical (unpaired) electrons. The van der Waals surface area contributed by atoms with Gasteiger partial charge in [-0.05, 0) is 45.0 Å². The van der Waals surface area contributed by atoms with E-state index in [0.717, 1.165) is 11.1 Å². The molecular formula is C13H20ClNO2S. The van der Waals surface area contributed by atoms with Gasteiger partial charge >= 0.3 is 0 Å². The first-order chi connectivity index (χ1) is 8.11. The number of benzene rings is 1. The molecule has 0 amide bonds. The zero-order valence-electron chi connectivity index (χ0n) is 11.4. The summed E-state index contributed by atoms with van der Waals surface area (Å²) >= 11 is 6.10. The number of rotatable bonds is 4. The molecule has 0 heterocycles. The third kappa shape index (κ3) is 2.87. The van der Waals surface area contributed by atoms with E-state index in [1.54, 1.807) is 20.9 Å². The SMILES string of the molecule is CNC(c1ccc(C)c(Cl)c1)C(C)(C)S(C)(=O)=O. The average molecular weight is 290 g/mol. The molecule has 3 nitrogen and oxygen atoms in total. The highest BCUT2D eigenvalue weighted by Crippen LogP contribution is 2.33. The minimum atomic E-state index is -3.19. The van der Waals surface area contributed by atoms with Crippen LogP contribution < -0.4 is 5.32 Å². The predicted molar refractivity (Wildman–Crippen MR) is 76.9 cm³/mol. The molecule has 1 unspecified atom stereocenters. The number of hydrogen-bond acceptors (Lipinski definition) is 3. The van der Waals surface area contributed by atoms with Gasteiger partial charge in [-0.25, -0.2) is 8.42 Å². The molecule has 0 fully saturated rings. The van der Waals surface area contributed by atoms with Gasteiger partial charge in [0.25, 0.3) is 0 Å². The van der Waals surface area contributed by atoms with Crippen LogP contribution in [0, 0.1) is 6.92 Å². The van der Waals surface area contributed by atoms with E-state index in [9.17, 15) is 8.42 Å². The molecule has 5 heteroatoms. The fourth-order valence-corrected chi connectivity index (χ4v) is 2.79. The number of halogens is 1. The Morgan fingerprint density at radius 2 is 1.89 bits per heavy atom. The Kier molecular flexibility index (Phi) is 4.47. The first-order valence-electron chi connectivity index (χ1n) is 5.74. The largest absolute Gasteiger partial charge is 0.312 e. The van der Waals surface area contributed by atoms with Gasteiger partial charge in [0.05, 0.1) is 10.8 Å². The molecule has 1 atom stereocenters. The lowest BCUT2D eigenvalue weighted by Gasteiger charge is -2.33. The second kappa shape index (κ2) is 5.19. The molecule has 1 rings (SSSR count). The van der Waals surface area contributed by atoms with E-state index in [2.05, 4.69) is 5.32 Å². The van der Waals surface area contributed by atoms with E-state index in [1.807, 2.05) is 25.1 Å². The summed E-state index contributed by atoms with van der Waals surface area (Å²) in [6, 6.07) is 5.34. The highest BCUT2D eigenvalue weighted by Gasteiger charge is 2.39. The van der Waals surface area contributed by atoms with E-state index >= 15 is 0 Å². The summed E-state index contributed by atoms with van der Waals surface area (Å²) in [5, 5.41) is 3.72. The van der Waals surface area contributed by atoms with Crippen molar-refractivity contribution in [3.8, 4) is 0 Å². The molecule has 102 valence electrons. The summed E-state index contributed by atoms with van der Waals surface area (Å²) in [5.74, 6) is 0. The van der Waals surface area contributed by atoms with Crippen molar-refractivity contribution < 1.29 is 8.42 Å². The van der Waals surface area contributed by atoms with Crippen LogP contribution in [0.4, 0.5) is 0 Å². The normalized spacial score (nSPS) is 14.6. The standard InChI is InChI=1S/C13H20ClNO2S/c1-9-6-7-10(8-11(9)14)12(15-4)13(2,3)18(5,16)17/h6-8,12,15H,1-5H3. The number of nitrogens with one attached hydrogen (secondary N) is 1. The minimum absolute atomic E-state index is 0.300. The van der Waals surface area contributed by atoms with Gasteiger partial charge in [0, 0.05) is 11.3 Å². The molecule has 0 aliphatic rings. The maximum atomic E-state index is 11.9. The number of sulfone groups is 1. The summed E-state index contributed by atoms with van der Waals surface area (Å²) in [5.41, 5.74) is 1.86. The van der Waals surface area contributed by atoms with Gasteiger partial charge in [0.2, 0.25) is 0 Å². The molecule has 1 aromatic carbocycles. The van der Waals surface area contributed by atoms with Gasteiger partial charge in [0.15, 0.2) is 9.84 Å². The Balaban J connectivity index is 3.30. The molecule has 0 bridgehead atoms. The fourth-order valence-electron chi connectivity index (χ4n) is 1.92. The zero-order chi connectivity index (χ0) is 14.1. The van der Waals surface area contributed by atoms with E-state index in [-0.39, 0.29) is 6.04 Å². The first kappa shape index (κ1) is 15.5. The van der Waals surface area contributed by atoms with Gasteiger partial charge in [-0.15, -0.1) is 0 Å². The van der Waals surface area contributed by atoms with Crippen LogP contribution in [0.15, 0.2) is 18.2 Å². The summed E-state index contributed by atoms with van der Waals surface area (Å²) in [7, 11) is -1.44. The molecular weight excluding hydrogens is 270 g/mol. The lowest BCUT2D eigenvalue weighted by atomic mass is 9.94. The highest BCUT2D eigenvalue weighted by molar-refractivity contribution is 7.92. The van der Waals surface area contributed by atoms with Crippen molar-refractivity contribution in [2.24, 2.45) is 0 Å². The lowest BCUT2D eigenvalue weighted by molar-refractivity contribution is 0.446. The number of aryl methyl sites for hydroxylation is 1. The second-order valence-corrected chi connectivity index (χ2v) is 8.11. The summed E-state index contributed by atoms with van der Waals surface area (Å²) in [6.07, 6.45) is 1.26. The van der Waals surface area contributed by atoms with E-state index in [4.69, 9.17) is 11.6 Å². The van der Waals surface area contributed by atoms with Gasteiger partial charge in [-0.3, -0.25) is 0 Å². The Morgan fingerprint density at radius 1 is 1.33 bits per heavy atom. The van der Waals surface area contributed by atoms with Crippen LogP contribution in [-0.4, -0.2) is 26.5 Å². The van der Waals surface area contributed by atoms with Crippen molar-refractivity contribution in [1.29, 1.82) is 0 Å². The molecule has 18 heavy (non-hydrogen) atoms. The molecule has 0 aliphatic heterocycles. The third-order valence-electron chi connectivity index (χ3n) is 3.47. The minimum Gasteiger partial charge on any atom is -0.312 e. The lowest BCUT2D eigenvalue weighted by Crippen LogP contribution is -2.43. The first-order valence-corrected chi connectivity index (χ1v) is 8.01. The smallest absolute Gasteiger partial charge is 0.154 e. The molecule has 1 N–H and O–H groups in total. The Hall–Kier alpha value is -0.580. The summed E-state index contributed by atoms with van der Waals surface area (Å²) < 4.78 is 22.9. The van der Waals surface area contributed by atoms with Gasteiger partial charge in [0.1, 0.15) is 0 Å². The van der Waals surface area contributed by atoms with Crippen LogP contribution in [0.3, 0.4) is 0 Å². The van der Waals surface area contributed by atoms with Crippen LogP contribution in [0.5, 0.6) is 0 Å². The van der Waals surface area contributed by atoms with E-state index < -0.39 is 14.6 Å². The third-order valence-corrected chi connectivity index (χ3v) is 6.02. The molecule has 0 aromatic heterocycles. The molecule has 1 aromatic rings. The highest BCUT2D eigenvalue weighted by atomic mass is 35.5.